The number of amides is 1. The summed E-state index contributed by atoms with van der Waals surface area (Å²) in [7, 11) is 1.57. The molecule has 0 atom stereocenters. The molecule has 5 nitrogen and oxygen atoms in total. The number of nitrogens with zero attached hydrogens (tertiary/aromatic N) is 1. The van der Waals surface area contributed by atoms with Gasteiger partial charge < -0.3 is 10.4 Å². The van der Waals surface area contributed by atoms with Gasteiger partial charge >= 0.3 is 5.97 Å². The van der Waals surface area contributed by atoms with Crippen molar-refractivity contribution in [3.8, 4) is 0 Å². The number of hydrogen-bond acceptors (Lipinski definition) is 3. The summed E-state index contributed by atoms with van der Waals surface area (Å²) in [5, 5.41) is 11.2. The number of nitrogens with one attached hydrogen (secondary N) is 1. The van der Waals surface area contributed by atoms with Crippen molar-refractivity contribution in [1.82, 2.24) is 10.2 Å². The highest BCUT2D eigenvalue weighted by Crippen LogP contribution is 2.04. The van der Waals surface area contributed by atoms with Crippen LogP contribution in [-0.2, 0) is 16.1 Å². The molecule has 0 saturated carbocycles. The lowest BCUT2D eigenvalue weighted by molar-refractivity contribution is -0.137. The summed E-state index contributed by atoms with van der Waals surface area (Å²) in [5.74, 6) is -0.971. The summed E-state index contributed by atoms with van der Waals surface area (Å²) in [4.78, 5) is 23.8. The van der Waals surface area contributed by atoms with E-state index < -0.39 is 5.97 Å². The summed E-state index contributed by atoms with van der Waals surface area (Å²) in [6.07, 6.45) is 0.0316. The van der Waals surface area contributed by atoms with Crippen LogP contribution in [0.2, 0.25) is 0 Å². The number of aliphatic carboxylic acids is 1. The van der Waals surface area contributed by atoms with E-state index in [0.29, 0.717) is 13.1 Å². The van der Waals surface area contributed by atoms with Gasteiger partial charge in [0.15, 0.2) is 0 Å². The van der Waals surface area contributed by atoms with Gasteiger partial charge in [-0.1, -0.05) is 30.3 Å². The second-order valence-electron chi connectivity index (χ2n) is 4.01. The molecule has 0 aliphatic rings. The van der Waals surface area contributed by atoms with E-state index in [4.69, 9.17) is 5.11 Å². The zero-order valence-corrected chi connectivity index (χ0v) is 10.4. The van der Waals surface area contributed by atoms with Crippen LogP contribution in [0.15, 0.2) is 30.3 Å². The van der Waals surface area contributed by atoms with Gasteiger partial charge in [0.25, 0.3) is 0 Å². The first-order chi connectivity index (χ1) is 8.61. The predicted molar refractivity (Wildman–Crippen MR) is 68.0 cm³/mol. The Balaban J connectivity index is 2.58. The molecule has 98 valence electrons. The monoisotopic (exact) mass is 250 g/mol. The third kappa shape index (κ3) is 5.45. The molecule has 0 unspecified atom stereocenters. The van der Waals surface area contributed by atoms with Crippen molar-refractivity contribution < 1.29 is 14.7 Å². The first kappa shape index (κ1) is 14.2. The lowest BCUT2D eigenvalue weighted by Gasteiger charge is -2.20. The van der Waals surface area contributed by atoms with Gasteiger partial charge in [-0.15, -0.1) is 0 Å². The minimum atomic E-state index is -0.857. The highest BCUT2D eigenvalue weighted by Gasteiger charge is 2.11. The summed E-state index contributed by atoms with van der Waals surface area (Å²) >= 11 is 0. The second kappa shape index (κ2) is 7.45. The summed E-state index contributed by atoms with van der Waals surface area (Å²) in [6, 6.07) is 9.67. The molecule has 1 rings (SSSR count). The smallest absolute Gasteiger partial charge is 0.304 e. The Morgan fingerprint density at radius 2 is 1.94 bits per heavy atom. The lowest BCUT2D eigenvalue weighted by atomic mass is 10.2. The van der Waals surface area contributed by atoms with Crippen LogP contribution in [-0.4, -0.2) is 42.0 Å². The maximum Gasteiger partial charge on any atom is 0.304 e. The van der Waals surface area contributed by atoms with Crippen molar-refractivity contribution >= 4 is 11.9 Å². The number of rotatable bonds is 7. The molecule has 18 heavy (non-hydrogen) atoms. The summed E-state index contributed by atoms with van der Waals surface area (Å²) in [6.45, 7) is 1.14. The van der Waals surface area contributed by atoms with Crippen molar-refractivity contribution in [2.45, 2.75) is 13.0 Å². The van der Waals surface area contributed by atoms with Crippen LogP contribution in [0.4, 0.5) is 0 Å². The highest BCUT2D eigenvalue weighted by molar-refractivity contribution is 5.77. The van der Waals surface area contributed by atoms with Crippen molar-refractivity contribution in [1.29, 1.82) is 0 Å². The Morgan fingerprint density at radius 3 is 2.50 bits per heavy atom. The molecule has 1 amide bonds. The molecule has 2 N–H and O–H groups in total. The van der Waals surface area contributed by atoms with Gasteiger partial charge in [-0.05, 0) is 5.56 Å². The fraction of sp³-hybridized carbons (Fsp3) is 0.385. The Bertz CT molecular complexity index is 392. The fourth-order valence-corrected chi connectivity index (χ4v) is 1.59. The number of likely N-dealkylation sites (N-methyl/N-ethyl adjacent to an activating group) is 1. The average Bonchev–Trinajstić information content (AvgIpc) is 2.37. The first-order valence-electron chi connectivity index (χ1n) is 5.80. The van der Waals surface area contributed by atoms with Gasteiger partial charge in [-0.2, -0.15) is 0 Å². The number of carbonyl (C=O) groups excluding carboxylic acids is 1. The average molecular weight is 250 g/mol. The van der Waals surface area contributed by atoms with Gasteiger partial charge in [-0.25, -0.2) is 0 Å². The van der Waals surface area contributed by atoms with Crippen LogP contribution in [0.25, 0.3) is 0 Å². The molecular formula is C13H18N2O3. The zero-order valence-electron chi connectivity index (χ0n) is 10.4. The van der Waals surface area contributed by atoms with E-state index in [0.717, 1.165) is 5.56 Å². The number of carboxylic acids is 1. The summed E-state index contributed by atoms with van der Waals surface area (Å²) < 4.78 is 0. The Labute approximate surface area is 106 Å². The predicted octanol–water partition coefficient (Wildman–Crippen LogP) is 0.709. The molecule has 0 aliphatic heterocycles. The van der Waals surface area contributed by atoms with Crippen molar-refractivity contribution in [3.05, 3.63) is 35.9 Å². The lowest BCUT2D eigenvalue weighted by Crippen LogP contribution is -2.36. The maximum atomic E-state index is 11.4. The van der Waals surface area contributed by atoms with E-state index in [9.17, 15) is 9.59 Å². The molecule has 0 aromatic heterocycles. The number of carbonyl (C=O) groups is 2. The Morgan fingerprint density at radius 1 is 1.28 bits per heavy atom. The minimum Gasteiger partial charge on any atom is -0.481 e. The van der Waals surface area contributed by atoms with Crippen LogP contribution in [0.5, 0.6) is 0 Å². The molecule has 0 spiro atoms. The molecule has 0 saturated heterocycles. The number of benzene rings is 1. The normalized spacial score (nSPS) is 10.3. The molecule has 0 bridgehead atoms. The Hall–Kier alpha value is -1.88. The zero-order chi connectivity index (χ0) is 13.4. The van der Waals surface area contributed by atoms with Gasteiger partial charge in [0, 0.05) is 20.1 Å². The van der Waals surface area contributed by atoms with Gasteiger partial charge in [0.2, 0.25) is 5.91 Å². The number of carboxylic acid groups (broad SMARTS) is 1. The quantitative estimate of drug-likeness (QED) is 0.747. The molecule has 0 heterocycles. The minimum absolute atomic E-state index is 0.0316. The molecule has 5 heteroatoms. The van der Waals surface area contributed by atoms with E-state index in [-0.39, 0.29) is 18.9 Å². The molecule has 0 aliphatic carbocycles. The van der Waals surface area contributed by atoms with Crippen molar-refractivity contribution in [3.63, 3.8) is 0 Å². The molecule has 0 fully saturated rings. The van der Waals surface area contributed by atoms with Gasteiger partial charge in [-0.3, -0.25) is 14.5 Å². The van der Waals surface area contributed by atoms with Crippen molar-refractivity contribution in [2.24, 2.45) is 0 Å². The fourth-order valence-electron chi connectivity index (χ4n) is 1.59. The topological polar surface area (TPSA) is 69.6 Å². The number of hydrogen-bond donors (Lipinski definition) is 2. The van der Waals surface area contributed by atoms with Gasteiger partial charge in [0.05, 0.1) is 13.0 Å². The molecule has 0 radical (unpaired) electrons. The van der Waals surface area contributed by atoms with E-state index in [1.54, 1.807) is 7.05 Å². The van der Waals surface area contributed by atoms with Crippen LogP contribution < -0.4 is 5.32 Å². The van der Waals surface area contributed by atoms with E-state index in [2.05, 4.69) is 5.32 Å². The third-order valence-corrected chi connectivity index (χ3v) is 2.54. The highest BCUT2D eigenvalue weighted by atomic mass is 16.4. The molecule has 1 aromatic carbocycles. The second-order valence-corrected chi connectivity index (χ2v) is 4.01. The van der Waals surface area contributed by atoms with Crippen molar-refractivity contribution in [2.75, 3.05) is 20.1 Å². The van der Waals surface area contributed by atoms with Gasteiger partial charge in [0.1, 0.15) is 0 Å². The molecular weight excluding hydrogens is 232 g/mol. The Kier molecular flexibility index (Phi) is 5.87. The standard InChI is InChI=1S/C13H18N2O3/c1-14-12(16)10-15(8-7-13(17)18)9-11-5-3-2-4-6-11/h2-6H,7-10H2,1H3,(H,14,16)(H,17,18). The van der Waals surface area contributed by atoms with E-state index in [1.807, 2.05) is 35.2 Å². The summed E-state index contributed by atoms with van der Waals surface area (Å²) in [5.41, 5.74) is 1.06. The van der Waals surface area contributed by atoms with Crippen LogP contribution in [0.3, 0.4) is 0 Å². The first-order valence-corrected chi connectivity index (χ1v) is 5.80. The van der Waals surface area contributed by atoms with E-state index in [1.165, 1.54) is 0 Å². The third-order valence-electron chi connectivity index (χ3n) is 2.54. The van der Waals surface area contributed by atoms with E-state index >= 15 is 0 Å². The SMILES string of the molecule is CNC(=O)CN(CCC(=O)O)Cc1ccccc1. The van der Waals surface area contributed by atoms with Crippen LogP contribution in [0, 0.1) is 0 Å². The maximum absolute atomic E-state index is 11.4. The van der Waals surface area contributed by atoms with Crippen LogP contribution >= 0.6 is 0 Å². The van der Waals surface area contributed by atoms with Crippen LogP contribution in [0.1, 0.15) is 12.0 Å². The molecule has 1 aromatic rings. The largest absolute Gasteiger partial charge is 0.481 e.